The van der Waals surface area contributed by atoms with Gasteiger partial charge < -0.3 is 34.3 Å². The molecule has 3 aromatic rings. The van der Waals surface area contributed by atoms with E-state index in [0.29, 0.717) is 12.4 Å². The van der Waals surface area contributed by atoms with Crippen LogP contribution in [0.1, 0.15) is 6.42 Å². The molecular formula is C22H23NO8. The second-order valence-corrected chi connectivity index (χ2v) is 7.28. The highest BCUT2D eigenvalue weighted by Crippen LogP contribution is 2.37. The number of phenols is 3. The first kappa shape index (κ1) is 20.8. The van der Waals surface area contributed by atoms with Crippen LogP contribution in [0.15, 0.2) is 39.5 Å². The Morgan fingerprint density at radius 3 is 2.48 bits per heavy atom. The van der Waals surface area contributed by atoms with Gasteiger partial charge in [0, 0.05) is 37.3 Å². The summed E-state index contributed by atoms with van der Waals surface area (Å²) in [6, 6.07) is 6.52. The fourth-order valence-electron chi connectivity index (χ4n) is 3.51. The Hall–Kier alpha value is -3.43. The van der Waals surface area contributed by atoms with Gasteiger partial charge in [0.2, 0.25) is 11.2 Å². The molecule has 0 saturated carbocycles. The van der Waals surface area contributed by atoms with Crippen LogP contribution >= 0.6 is 0 Å². The van der Waals surface area contributed by atoms with Gasteiger partial charge in [0.05, 0.1) is 19.8 Å². The van der Waals surface area contributed by atoms with Crippen molar-refractivity contribution >= 4 is 11.0 Å². The van der Waals surface area contributed by atoms with Gasteiger partial charge in [-0.15, -0.1) is 0 Å². The number of hydrogen-bond acceptors (Lipinski definition) is 9. The third-order valence-corrected chi connectivity index (χ3v) is 5.15. The van der Waals surface area contributed by atoms with Crippen molar-refractivity contribution in [2.75, 3.05) is 39.5 Å². The quantitative estimate of drug-likeness (QED) is 0.344. The Morgan fingerprint density at radius 2 is 1.74 bits per heavy atom. The number of benzene rings is 2. The number of rotatable bonds is 6. The number of ether oxygens (including phenoxy) is 2. The molecule has 0 atom stereocenters. The van der Waals surface area contributed by atoms with E-state index in [1.807, 2.05) is 0 Å². The predicted molar refractivity (Wildman–Crippen MR) is 112 cm³/mol. The van der Waals surface area contributed by atoms with Gasteiger partial charge in [-0.05, 0) is 24.6 Å². The molecule has 0 unspecified atom stereocenters. The van der Waals surface area contributed by atoms with E-state index in [2.05, 4.69) is 4.90 Å². The van der Waals surface area contributed by atoms with Crippen molar-refractivity contribution in [2.24, 2.45) is 0 Å². The van der Waals surface area contributed by atoms with E-state index in [9.17, 15) is 25.2 Å². The number of nitrogens with zero attached hydrogens (tertiary/aromatic N) is 1. The van der Waals surface area contributed by atoms with E-state index >= 15 is 0 Å². The molecule has 4 N–H and O–H groups in total. The molecule has 0 bridgehead atoms. The van der Waals surface area contributed by atoms with Crippen LogP contribution in [0.4, 0.5) is 0 Å². The lowest BCUT2D eigenvalue weighted by Gasteiger charge is -2.26. The summed E-state index contributed by atoms with van der Waals surface area (Å²) in [5, 5.41) is 39.6. The maximum atomic E-state index is 12.6. The third-order valence-electron chi connectivity index (χ3n) is 5.15. The first-order valence-electron chi connectivity index (χ1n) is 9.92. The highest BCUT2D eigenvalue weighted by Gasteiger charge is 2.20. The number of aromatic hydroxyl groups is 4. The summed E-state index contributed by atoms with van der Waals surface area (Å²) in [7, 11) is 0. The van der Waals surface area contributed by atoms with Gasteiger partial charge in [0.15, 0.2) is 17.3 Å². The zero-order valence-electron chi connectivity index (χ0n) is 16.7. The molecule has 9 nitrogen and oxygen atoms in total. The second-order valence-electron chi connectivity index (χ2n) is 7.28. The minimum Gasteiger partial charge on any atom is -0.507 e. The largest absolute Gasteiger partial charge is 0.507 e. The predicted octanol–water partition coefficient (Wildman–Crippen LogP) is 2.38. The molecular weight excluding hydrogens is 406 g/mol. The maximum Gasteiger partial charge on any atom is 0.238 e. The Bertz CT molecular complexity index is 1150. The van der Waals surface area contributed by atoms with Gasteiger partial charge in [-0.1, -0.05) is 0 Å². The first-order valence-corrected chi connectivity index (χ1v) is 9.92. The first-order chi connectivity index (χ1) is 14.9. The molecule has 1 aliphatic rings. The van der Waals surface area contributed by atoms with Gasteiger partial charge in [-0.25, -0.2) is 0 Å². The summed E-state index contributed by atoms with van der Waals surface area (Å²) in [6.45, 7) is 4.50. The fourth-order valence-corrected chi connectivity index (χ4v) is 3.51. The van der Waals surface area contributed by atoms with E-state index in [4.69, 9.17) is 13.9 Å². The van der Waals surface area contributed by atoms with Gasteiger partial charge in [0.25, 0.3) is 0 Å². The van der Waals surface area contributed by atoms with E-state index in [1.54, 1.807) is 0 Å². The standard InChI is InChI=1S/C22H23NO8/c24-15-3-2-13(10-16(15)25)22-21(28)20(27)19-17(26)11-14(12-18(19)31-22)30-7-1-4-23-5-8-29-9-6-23/h2-3,10-12,24-26,28H,1,4-9H2. The smallest absolute Gasteiger partial charge is 0.238 e. The molecule has 0 amide bonds. The highest BCUT2D eigenvalue weighted by atomic mass is 16.5. The van der Waals surface area contributed by atoms with Crippen LogP contribution in [-0.4, -0.2) is 64.8 Å². The molecule has 0 spiro atoms. The molecule has 164 valence electrons. The lowest BCUT2D eigenvalue weighted by molar-refractivity contribution is 0.0358. The molecule has 31 heavy (non-hydrogen) atoms. The molecule has 9 heteroatoms. The van der Waals surface area contributed by atoms with Gasteiger partial charge >= 0.3 is 0 Å². The van der Waals surface area contributed by atoms with Crippen molar-refractivity contribution in [1.29, 1.82) is 0 Å². The van der Waals surface area contributed by atoms with Crippen molar-refractivity contribution in [1.82, 2.24) is 4.90 Å². The van der Waals surface area contributed by atoms with Crippen LogP contribution < -0.4 is 10.2 Å². The number of fused-ring (bicyclic) bond motifs is 1. The average Bonchev–Trinajstić information content (AvgIpc) is 2.76. The van der Waals surface area contributed by atoms with Gasteiger partial charge in [-0.2, -0.15) is 0 Å². The van der Waals surface area contributed by atoms with Crippen molar-refractivity contribution in [3.63, 3.8) is 0 Å². The van der Waals surface area contributed by atoms with Crippen LogP contribution in [0.5, 0.6) is 28.7 Å². The lowest BCUT2D eigenvalue weighted by atomic mass is 10.1. The van der Waals surface area contributed by atoms with Crippen molar-refractivity contribution in [2.45, 2.75) is 6.42 Å². The Morgan fingerprint density at radius 1 is 0.968 bits per heavy atom. The van der Waals surface area contributed by atoms with Crippen LogP contribution in [0, 0.1) is 0 Å². The zero-order chi connectivity index (χ0) is 22.0. The molecule has 1 aromatic heterocycles. The Labute approximate surface area is 177 Å². The molecule has 0 aliphatic carbocycles. The fraction of sp³-hybridized carbons (Fsp3) is 0.318. The number of hydrogen-bond donors (Lipinski definition) is 4. The third kappa shape index (κ3) is 4.37. The topological polar surface area (TPSA) is 133 Å². The van der Waals surface area contributed by atoms with Gasteiger partial charge in [-0.3, -0.25) is 9.69 Å². The molecule has 1 saturated heterocycles. The average molecular weight is 429 g/mol. The summed E-state index contributed by atoms with van der Waals surface area (Å²) < 4.78 is 16.7. The number of morpholine rings is 1. The molecule has 1 fully saturated rings. The molecule has 1 aliphatic heterocycles. The Balaban J connectivity index is 1.58. The minimum absolute atomic E-state index is 0.0218. The summed E-state index contributed by atoms with van der Waals surface area (Å²) in [5.74, 6) is -1.74. The molecule has 2 heterocycles. The maximum absolute atomic E-state index is 12.6. The summed E-state index contributed by atoms with van der Waals surface area (Å²) >= 11 is 0. The zero-order valence-corrected chi connectivity index (χ0v) is 16.7. The highest BCUT2D eigenvalue weighted by molar-refractivity contribution is 5.88. The summed E-state index contributed by atoms with van der Waals surface area (Å²) in [5.41, 5.74) is -0.614. The van der Waals surface area contributed by atoms with Crippen molar-refractivity contribution in [3.05, 3.63) is 40.6 Å². The summed E-state index contributed by atoms with van der Waals surface area (Å²) in [4.78, 5) is 14.9. The Kier molecular flexibility index (Phi) is 5.88. The van der Waals surface area contributed by atoms with Crippen LogP contribution in [0.2, 0.25) is 0 Å². The van der Waals surface area contributed by atoms with Crippen LogP contribution in [-0.2, 0) is 4.74 Å². The molecule has 4 rings (SSSR count). The normalized spacial score (nSPS) is 14.7. The van der Waals surface area contributed by atoms with Crippen molar-refractivity contribution < 1.29 is 34.3 Å². The van der Waals surface area contributed by atoms with E-state index in [1.165, 1.54) is 24.3 Å². The monoisotopic (exact) mass is 429 g/mol. The molecule has 0 radical (unpaired) electrons. The second kappa shape index (κ2) is 8.75. The van der Waals surface area contributed by atoms with Crippen LogP contribution in [0.3, 0.4) is 0 Å². The SMILES string of the molecule is O=c1c(O)c(-c2ccc(O)c(O)c2)oc2cc(OCCCN3CCOCC3)cc(O)c12. The summed E-state index contributed by atoms with van der Waals surface area (Å²) in [6.07, 6.45) is 0.774. The van der Waals surface area contributed by atoms with Crippen molar-refractivity contribution in [3.8, 4) is 40.1 Å². The number of phenolic OH excluding ortho intramolecular Hbond substituents is 3. The van der Waals surface area contributed by atoms with E-state index < -0.39 is 16.9 Å². The van der Waals surface area contributed by atoms with E-state index in [-0.39, 0.29) is 33.8 Å². The van der Waals surface area contributed by atoms with Gasteiger partial charge in [0.1, 0.15) is 22.5 Å². The van der Waals surface area contributed by atoms with Crippen LogP contribution in [0.25, 0.3) is 22.3 Å². The lowest BCUT2D eigenvalue weighted by Crippen LogP contribution is -2.37. The molecule has 2 aromatic carbocycles. The minimum atomic E-state index is -0.819. The van der Waals surface area contributed by atoms with E-state index in [0.717, 1.165) is 45.3 Å².